The van der Waals surface area contributed by atoms with Crippen LogP contribution in [0.3, 0.4) is 0 Å². The van der Waals surface area contributed by atoms with Gasteiger partial charge in [0, 0.05) is 24.6 Å². The number of rotatable bonds is 5. The van der Waals surface area contributed by atoms with E-state index in [1.807, 2.05) is 24.1 Å². The van der Waals surface area contributed by atoms with Crippen LogP contribution in [0.1, 0.15) is 5.56 Å². The molecule has 5 nitrogen and oxygen atoms in total. The molecule has 1 aromatic heterocycles. The molecular formula is C15H17ClN4O. The number of carbonyl (C=O) groups excluding carboxylic acids is 1. The van der Waals surface area contributed by atoms with Gasteiger partial charge in [-0.15, -0.1) is 0 Å². The van der Waals surface area contributed by atoms with Crippen LogP contribution < -0.4 is 11.1 Å². The van der Waals surface area contributed by atoms with Crippen LogP contribution in [0.25, 0.3) is 0 Å². The van der Waals surface area contributed by atoms with E-state index in [0.717, 1.165) is 5.56 Å². The molecule has 0 fully saturated rings. The highest BCUT2D eigenvalue weighted by molar-refractivity contribution is 6.33. The second-order valence-electron chi connectivity index (χ2n) is 4.82. The fourth-order valence-corrected chi connectivity index (χ4v) is 2.04. The number of likely N-dealkylation sites (N-methyl/N-ethyl adjacent to an activating group) is 1. The van der Waals surface area contributed by atoms with Crippen molar-refractivity contribution in [3.05, 3.63) is 53.3 Å². The molecule has 0 atom stereocenters. The fraction of sp³-hybridized carbons (Fsp3) is 0.200. The number of hydrogen-bond acceptors (Lipinski definition) is 4. The first-order valence-corrected chi connectivity index (χ1v) is 6.84. The highest BCUT2D eigenvalue weighted by Crippen LogP contribution is 2.22. The number of benzene rings is 1. The molecule has 1 heterocycles. The van der Waals surface area contributed by atoms with Gasteiger partial charge in [-0.25, -0.2) is 0 Å². The minimum absolute atomic E-state index is 0.108. The normalized spacial score (nSPS) is 10.6. The number of carbonyl (C=O) groups is 1. The molecule has 1 aromatic carbocycles. The number of halogens is 1. The molecule has 3 N–H and O–H groups in total. The number of hydrogen-bond donors (Lipinski definition) is 2. The van der Waals surface area contributed by atoms with Gasteiger partial charge in [0.05, 0.1) is 17.3 Å². The number of aromatic nitrogens is 1. The van der Waals surface area contributed by atoms with Gasteiger partial charge in [0.1, 0.15) is 0 Å². The van der Waals surface area contributed by atoms with E-state index in [2.05, 4.69) is 10.3 Å². The molecule has 21 heavy (non-hydrogen) atoms. The van der Waals surface area contributed by atoms with Crippen molar-refractivity contribution in [2.45, 2.75) is 6.54 Å². The molecule has 0 radical (unpaired) electrons. The summed E-state index contributed by atoms with van der Waals surface area (Å²) >= 11 is 5.84. The molecule has 0 spiro atoms. The van der Waals surface area contributed by atoms with Gasteiger partial charge in [0.2, 0.25) is 5.91 Å². The van der Waals surface area contributed by atoms with Crippen molar-refractivity contribution in [2.75, 3.05) is 24.6 Å². The predicted octanol–water partition coefficient (Wildman–Crippen LogP) is 2.39. The van der Waals surface area contributed by atoms with Gasteiger partial charge in [-0.3, -0.25) is 14.7 Å². The fourth-order valence-electron chi connectivity index (χ4n) is 1.93. The minimum Gasteiger partial charge on any atom is -0.397 e. The Morgan fingerprint density at radius 3 is 2.90 bits per heavy atom. The predicted molar refractivity (Wildman–Crippen MR) is 85.1 cm³/mol. The zero-order valence-corrected chi connectivity index (χ0v) is 12.5. The first-order valence-electron chi connectivity index (χ1n) is 6.47. The summed E-state index contributed by atoms with van der Waals surface area (Å²) in [4.78, 5) is 17.9. The van der Waals surface area contributed by atoms with Gasteiger partial charge in [-0.1, -0.05) is 17.7 Å². The van der Waals surface area contributed by atoms with Crippen molar-refractivity contribution in [1.82, 2.24) is 9.88 Å². The second-order valence-corrected chi connectivity index (χ2v) is 5.23. The SMILES string of the molecule is CN(CC(=O)Nc1ccc(Cl)c(N)c1)Cc1cccnc1. The van der Waals surface area contributed by atoms with Gasteiger partial charge < -0.3 is 11.1 Å². The topological polar surface area (TPSA) is 71.2 Å². The molecule has 0 aliphatic carbocycles. The highest BCUT2D eigenvalue weighted by Gasteiger charge is 2.08. The lowest BCUT2D eigenvalue weighted by Crippen LogP contribution is -2.29. The molecule has 2 rings (SSSR count). The van der Waals surface area contributed by atoms with E-state index in [-0.39, 0.29) is 12.5 Å². The zero-order valence-electron chi connectivity index (χ0n) is 11.7. The third-order valence-corrected chi connectivity index (χ3v) is 3.21. The number of nitrogens with one attached hydrogen (secondary N) is 1. The molecule has 0 saturated carbocycles. The summed E-state index contributed by atoms with van der Waals surface area (Å²) in [5.74, 6) is -0.108. The van der Waals surface area contributed by atoms with Crippen molar-refractivity contribution in [3.8, 4) is 0 Å². The van der Waals surface area contributed by atoms with Crippen LogP contribution in [-0.4, -0.2) is 29.4 Å². The molecule has 0 unspecified atom stereocenters. The molecular weight excluding hydrogens is 288 g/mol. The molecule has 0 saturated heterocycles. The number of nitrogens with zero attached hydrogens (tertiary/aromatic N) is 2. The Labute approximate surface area is 128 Å². The van der Waals surface area contributed by atoms with Crippen molar-refractivity contribution in [1.29, 1.82) is 0 Å². The Kier molecular flexibility index (Phi) is 5.14. The summed E-state index contributed by atoms with van der Waals surface area (Å²) in [7, 11) is 1.88. The van der Waals surface area contributed by atoms with Crippen LogP contribution in [0.4, 0.5) is 11.4 Å². The minimum atomic E-state index is -0.108. The van der Waals surface area contributed by atoms with E-state index in [4.69, 9.17) is 17.3 Å². The van der Waals surface area contributed by atoms with Crippen LogP contribution in [0.2, 0.25) is 5.02 Å². The monoisotopic (exact) mass is 304 g/mol. The number of amides is 1. The molecule has 0 aliphatic rings. The maximum Gasteiger partial charge on any atom is 0.238 e. The first-order chi connectivity index (χ1) is 10.0. The Morgan fingerprint density at radius 1 is 1.43 bits per heavy atom. The lowest BCUT2D eigenvalue weighted by atomic mass is 10.2. The number of nitrogen functional groups attached to an aromatic ring is 1. The molecule has 1 amide bonds. The molecule has 0 aliphatic heterocycles. The first kappa shape index (κ1) is 15.3. The van der Waals surface area contributed by atoms with E-state index >= 15 is 0 Å². The maximum absolute atomic E-state index is 12.0. The number of nitrogens with two attached hydrogens (primary N) is 1. The molecule has 6 heteroatoms. The summed E-state index contributed by atoms with van der Waals surface area (Å²) in [6.45, 7) is 0.932. The van der Waals surface area contributed by atoms with Gasteiger partial charge in [-0.2, -0.15) is 0 Å². The Bertz CT molecular complexity index is 618. The summed E-state index contributed by atoms with van der Waals surface area (Å²) < 4.78 is 0. The van der Waals surface area contributed by atoms with E-state index in [9.17, 15) is 4.79 Å². The number of anilines is 2. The molecule has 2 aromatic rings. The molecule has 110 valence electrons. The van der Waals surface area contributed by atoms with Crippen molar-refractivity contribution in [3.63, 3.8) is 0 Å². The quantitative estimate of drug-likeness (QED) is 0.832. The lowest BCUT2D eigenvalue weighted by Gasteiger charge is -2.16. The maximum atomic E-state index is 12.0. The second kappa shape index (κ2) is 7.06. The van der Waals surface area contributed by atoms with Crippen LogP contribution in [-0.2, 0) is 11.3 Å². The smallest absolute Gasteiger partial charge is 0.238 e. The Morgan fingerprint density at radius 2 is 2.24 bits per heavy atom. The summed E-state index contributed by atoms with van der Waals surface area (Å²) in [5.41, 5.74) is 7.84. The van der Waals surface area contributed by atoms with Gasteiger partial charge >= 0.3 is 0 Å². The highest BCUT2D eigenvalue weighted by atomic mass is 35.5. The number of pyridine rings is 1. The van der Waals surface area contributed by atoms with E-state index in [0.29, 0.717) is 22.9 Å². The summed E-state index contributed by atoms with van der Waals surface area (Å²) in [6.07, 6.45) is 3.51. The van der Waals surface area contributed by atoms with Gasteiger partial charge in [0.15, 0.2) is 0 Å². The zero-order chi connectivity index (χ0) is 15.2. The third kappa shape index (κ3) is 4.73. The third-order valence-electron chi connectivity index (χ3n) is 2.87. The van der Waals surface area contributed by atoms with Crippen LogP contribution in [0, 0.1) is 0 Å². The van der Waals surface area contributed by atoms with Crippen molar-refractivity contribution >= 4 is 28.9 Å². The van der Waals surface area contributed by atoms with Crippen molar-refractivity contribution in [2.24, 2.45) is 0 Å². The average molecular weight is 305 g/mol. The van der Waals surface area contributed by atoms with Gasteiger partial charge in [0.25, 0.3) is 0 Å². The van der Waals surface area contributed by atoms with Gasteiger partial charge in [-0.05, 0) is 36.9 Å². The van der Waals surface area contributed by atoms with E-state index in [1.54, 1.807) is 30.6 Å². The molecule has 0 bridgehead atoms. The van der Waals surface area contributed by atoms with Crippen molar-refractivity contribution < 1.29 is 4.79 Å². The van der Waals surface area contributed by atoms with Crippen LogP contribution >= 0.6 is 11.6 Å². The summed E-state index contributed by atoms with van der Waals surface area (Å²) in [5, 5.41) is 3.27. The lowest BCUT2D eigenvalue weighted by molar-refractivity contribution is -0.117. The Balaban J connectivity index is 1.87. The average Bonchev–Trinajstić information content (AvgIpc) is 2.43. The van der Waals surface area contributed by atoms with E-state index in [1.165, 1.54) is 0 Å². The van der Waals surface area contributed by atoms with Crippen LogP contribution in [0.15, 0.2) is 42.7 Å². The summed E-state index contributed by atoms with van der Waals surface area (Å²) in [6, 6.07) is 8.87. The van der Waals surface area contributed by atoms with Crippen LogP contribution in [0.5, 0.6) is 0 Å². The standard InChI is InChI=1S/C15H17ClN4O/c1-20(9-11-3-2-6-18-8-11)10-15(21)19-12-4-5-13(16)14(17)7-12/h2-8H,9-10,17H2,1H3,(H,19,21). The Hall–Kier alpha value is -2.11. The van der Waals surface area contributed by atoms with E-state index < -0.39 is 0 Å². The largest absolute Gasteiger partial charge is 0.397 e.